The Morgan fingerprint density at radius 3 is 2.83 bits per heavy atom. The van der Waals surface area contributed by atoms with Crippen LogP contribution >= 0.6 is 0 Å². The maximum absolute atomic E-state index is 11.5. The molecular weight excluding hydrogens is 152 g/mol. The average molecular weight is 168 g/mol. The van der Waals surface area contributed by atoms with E-state index in [0.717, 1.165) is 38.9 Å². The molecule has 0 bridgehead atoms. The number of carbonyl (C=O) groups excluding carboxylic acids is 1. The van der Waals surface area contributed by atoms with Gasteiger partial charge in [0.2, 0.25) is 0 Å². The molecule has 68 valence electrons. The zero-order valence-electron chi connectivity index (χ0n) is 7.42. The zero-order valence-corrected chi connectivity index (χ0v) is 7.42. The van der Waals surface area contributed by atoms with Gasteiger partial charge in [-0.25, -0.2) is 0 Å². The third-order valence-electron chi connectivity index (χ3n) is 3.14. The van der Waals surface area contributed by atoms with E-state index in [2.05, 4.69) is 0 Å². The monoisotopic (exact) mass is 168 g/mol. The molecular formula is C10H16O2. The molecule has 1 aliphatic heterocycles. The number of hydrogen-bond donors (Lipinski definition) is 0. The fourth-order valence-corrected chi connectivity index (χ4v) is 2.38. The lowest BCUT2D eigenvalue weighted by atomic mass is 9.79. The highest BCUT2D eigenvalue weighted by atomic mass is 16.5. The summed E-state index contributed by atoms with van der Waals surface area (Å²) in [5, 5.41) is 0. The highest BCUT2D eigenvalue weighted by molar-refractivity contribution is 5.81. The first kappa shape index (κ1) is 8.24. The minimum absolute atomic E-state index is 0.348. The molecule has 0 aromatic carbocycles. The highest BCUT2D eigenvalue weighted by Crippen LogP contribution is 2.31. The summed E-state index contributed by atoms with van der Waals surface area (Å²) in [5.74, 6) is 1.40. The molecule has 2 rings (SSSR count). The number of ether oxygens (including phenoxy) is 1. The molecule has 0 unspecified atom stereocenters. The predicted molar refractivity (Wildman–Crippen MR) is 45.9 cm³/mol. The molecule has 0 N–H and O–H groups in total. The molecule has 1 aliphatic carbocycles. The fourth-order valence-electron chi connectivity index (χ4n) is 2.38. The second-order valence-electron chi connectivity index (χ2n) is 3.94. The first-order chi connectivity index (χ1) is 5.88. The summed E-state index contributed by atoms with van der Waals surface area (Å²) in [6.45, 7) is 1.70. The number of Topliss-reactive ketones (excluding diaryl/α,β-unsaturated/α-hetero) is 1. The van der Waals surface area contributed by atoms with Crippen molar-refractivity contribution in [3.05, 3.63) is 0 Å². The third kappa shape index (κ3) is 1.53. The zero-order chi connectivity index (χ0) is 8.39. The van der Waals surface area contributed by atoms with E-state index in [1.165, 1.54) is 6.42 Å². The summed E-state index contributed by atoms with van der Waals surface area (Å²) in [4.78, 5) is 11.5. The molecule has 0 aromatic heterocycles. The normalized spacial score (nSPS) is 37.2. The Bertz CT molecular complexity index is 171. The van der Waals surface area contributed by atoms with Gasteiger partial charge in [0, 0.05) is 18.9 Å². The Balaban J connectivity index is 1.95. The first-order valence-corrected chi connectivity index (χ1v) is 4.98. The van der Waals surface area contributed by atoms with Crippen molar-refractivity contribution in [1.82, 2.24) is 0 Å². The van der Waals surface area contributed by atoms with Gasteiger partial charge in [0.1, 0.15) is 5.78 Å². The third-order valence-corrected chi connectivity index (χ3v) is 3.14. The molecule has 1 heterocycles. The van der Waals surface area contributed by atoms with Crippen LogP contribution < -0.4 is 0 Å². The van der Waals surface area contributed by atoms with Gasteiger partial charge in [0.15, 0.2) is 0 Å². The molecule has 0 aromatic rings. The fraction of sp³-hybridized carbons (Fsp3) is 0.900. The minimum Gasteiger partial charge on any atom is -0.381 e. The lowest BCUT2D eigenvalue weighted by Gasteiger charge is -2.24. The van der Waals surface area contributed by atoms with Crippen LogP contribution in [0, 0.1) is 11.8 Å². The van der Waals surface area contributed by atoms with Crippen molar-refractivity contribution in [2.24, 2.45) is 11.8 Å². The molecule has 0 spiro atoms. The second-order valence-corrected chi connectivity index (χ2v) is 3.94. The van der Waals surface area contributed by atoms with Crippen LogP contribution in [0.15, 0.2) is 0 Å². The van der Waals surface area contributed by atoms with E-state index in [9.17, 15) is 4.79 Å². The van der Waals surface area contributed by atoms with Crippen LogP contribution in [0.25, 0.3) is 0 Å². The van der Waals surface area contributed by atoms with E-state index in [1.807, 2.05) is 0 Å². The number of ketones is 1. The van der Waals surface area contributed by atoms with Crippen molar-refractivity contribution in [2.45, 2.75) is 32.1 Å². The largest absolute Gasteiger partial charge is 0.381 e. The molecule has 1 saturated heterocycles. The molecule has 0 radical (unpaired) electrons. The Hall–Kier alpha value is -0.370. The van der Waals surface area contributed by atoms with Crippen molar-refractivity contribution in [1.29, 1.82) is 0 Å². The number of carbonyl (C=O) groups is 1. The van der Waals surface area contributed by atoms with Crippen LogP contribution in [0.4, 0.5) is 0 Å². The number of rotatable bonds is 1. The Morgan fingerprint density at radius 1 is 1.25 bits per heavy atom. The van der Waals surface area contributed by atoms with Gasteiger partial charge >= 0.3 is 0 Å². The van der Waals surface area contributed by atoms with Crippen molar-refractivity contribution in [3.63, 3.8) is 0 Å². The maximum Gasteiger partial charge on any atom is 0.136 e. The summed E-state index contributed by atoms with van der Waals surface area (Å²) in [6.07, 6.45) is 5.40. The topological polar surface area (TPSA) is 26.3 Å². The van der Waals surface area contributed by atoms with Gasteiger partial charge in [-0.2, -0.15) is 0 Å². The molecule has 2 aliphatic rings. The predicted octanol–water partition coefficient (Wildman–Crippen LogP) is 1.78. The molecule has 2 nitrogen and oxygen atoms in total. The quantitative estimate of drug-likeness (QED) is 0.596. The highest BCUT2D eigenvalue weighted by Gasteiger charge is 2.32. The molecule has 2 fully saturated rings. The van der Waals surface area contributed by atoms with E-state index >= 15 is 0 Å². The van der Waals surface area contributed by atoms with E-state index < -0.39 is 0 Å². The van der Waals surface area contributed by atoms with Gasteiger partial charge in [-0.1, -0.05) is 6.42 Å². The van der Waals surface area contributed by atoms with Crippen molar-refractivity contribution in [2.75, 3.05) is 13.2 Å². The molecule has 2 heteroatoms. The summed E-state index contributed by atoms with van der Waals surface area (Å²) < 4.78 is 5.31. The summed E-state index contributed by atoms with van der Waals surface area (Å²) in [7, 11) is 0. The molecule has 1 saturated carbocycles. The van der Waals surface area contributed by atoms with Crippen molar-refractivity contribution < 1.29 is 9.53 Å². The smallest absolute Gasteiger partial charge is 0.136 e. The van der Waals surface area contributed by atoms with Crippen LogP contribution in [0.1, 0.15) is 32.1 Å². The first-order valence-electron chi connectivity index (χ1n) is 4.98. The van der Waals surface area contributed by atoms with Gasteiger partial charge in [-0.05, 0) is 25.2 Å². The standard InChI is InChI=1S/C10H16O2/c11-10-4-2-1-3-9(10)8-5-6-12-7-8/h8-9H,1-7H2/t8-,9-/m1/s1. The minimum atomic E-state index is 0.348. The van der Waals surface area contributed by atoms with E-state index in [1.54, 1.807) is 0 Å². The lowest BCUT2D eigenvalue weighted by Crippen LogP contribution is -2.27. The lowest BCUT2D eigenvalue weighted by molar-refractivity contribution is -0.126. The van der Waals surface area contributed by atoms with E-state index in [0.29, 0.717) is 17.6 Å². The van der Waals surface area contributed by atoms with Gasteiger partial charge < -0.3 is 4.74 Å². The molecule has 12 heavy (non-hydrogen) atoms. The van der Waals surface area contributed by atoms with Crippen molar-refractivity contribution in [3.8, 4) is 0 Å². The SMILES string of the molecule is O=C1CCCC[C@@H]1[C@@H]1CCOC1. The van der Waals surface area contributed by atoms with Crippen molar-refractivity contribution >= 4 is 5.78 Å². The average Bonchev–Trinajstić information content (AvgIpc) is 2.57. The summed E-state index contributed by atoms with van der Waals surface area (Å²) >= 11 is 0. The maximum atomic E-state index is 11.5. The van der Waals surface area contributed by atoms with Gasteiger partial charge in [-0.3, -0.25) is 4.79 Å². The van der Waals surface area contributed by atoms with Crippen LogP contribution in [-0.2, 0) is 9.53 Å². The Labute approximate surface area is 73.3 Å². The van der Waals surface area contributed by atoms with Gasteiger partial charge in [-0.15, -0.1) is 0 Å². The van der Waals surface area contributed by atoms with Crippen LogP contribution in [0.3, 0.4) is 0 Å². The van der Waals surface area contributed by atoms with E-state index in [-0.39, 0.29) is 0 Å². The molecule has 0 amide bonds. The van der Waals surface area contributed by atoms with Crippen LogP contribution in [0.2, 0.25) is 0 Å². The van der Waals surface area contributed by atoms with Gasteiger partial charge in [0.25, 0.3) is 0 Å². The van der Waals surface area contributed by atoms with Crippen LogP contribution in [-0.4, -0.2) is 19.0 Å². The Morgan fingerprint density at radius 2 is 2.17 bits per heavy atom. The van der Waals surface area contributed by atoms with Gasteiger partial charge in [0.05, 0.1) is 6.61 Å². The summed E-state index contributed by atoms with van der Waals surface area (Å²) in [5.41, 5.74) is 0. The van der Waals surface area contributed by atoms with Crippen LogP contribution in [0.5, 0.6) is 0 Å². The van der Waals surface area contributed by atoms with E-state index in [4.69, 9.17) is 4.74 Å². The molecule has 2 atom stereocenters. The Kier molecular flexibility index (Phi) is 2.45. The second kappa shape index (κ2) is 3.56. The number of hydrogen-bond acceptors (Lipinski definition) is 2. The summed E-state index contributed by atoms with van der Waals surface area (Å²) in [6, 6.07) is 0.